The monoisotopic (exact) mass is 436 g/mol. The van der Waals surface area contributed by atoms with Gasteiger partial charge in [-0.15, -0.1) is 0 Å². The van der Waals surface area contributed by atoms with Crippen LogP contribution >= 0.6 is 15.9 Å². The molecule has 0 aromatic carbocycles. The molecule has 1 aliphatic carbocycles. The number of pyridine rings is 3. The molecule has 0 saturated heterocycles. The van der Waals surface area contributed by atoms with Gasteiger partial charge in [0.15, 0.2) is 0 Å². The maximum absolute atomic E-state index is 12.4. The predicted octanol–water partition coefficient (Wildman–Crippen LogP) is 3.84. The molecule has 140 valence electrons. The number of nitrogens with zero attached hydrogens (tertiary/aromatic N) is 4. The summed E-state index contributed by atoms with van der Waals surface area (Å²) < 4.78 is 0.767. The van der Waals surface area contributed by atoms with E-state index < -0.39 is 0 Å². The van der Waals surface area contributed by atoms with E-state index in [1.54, 1.807) is 24.7 Å². The number of fused-ring (bicyclic) bond motifs is 1. The fourth-order valence-electron chi connectivity index (χ4n) is 3.26. The third-order valence-electron chi connectivity index (χ3n) is 4.99. The first-order valence-corrected chi connectivity index (χ1v) is 9.58. The Hall–Kier alpha value is -3.05. The molecule has 0 bridgehead atoms. The van der Waals surface area contributed by atoms with Crippen LogP contribution < -0.4 is 11.1 Å². The molecule has 3 heterocycles. The van der Waals surface area contributed by atoms with Gasteiger partial charge >= 0.3 is 0 Å². The van der Waals surface area contributed by atoms with Crippen LogP contribution in [-0.2, 0) is 4.79 Å². The Balaban J connectivity index is 1.71. The zero-order valence-electron chi connectivity index (χ0n) is 15.1. The second kappa shape index (κ2) is 7.17. The minimum absolute atomic E-state index is 0.0954. The lowest BCUT2D eigenvalue weighted by Crippen LogP contribution is -2.16. The maximum atomic E-state index is 12.4. The molecule has 0 spiro atoms. The third-order valence-corrected chi connectivity index (χ3v) is 5.79. The number of aromatic nitrogens is 3. The van der Waals surface area contributed by atoms with E-state index in [9.17, 15) is 4.79 Å². The maximum Gasteiger partial charge on any atom is 0.229 e. The zero-order valence-corrected chi connectivity index (χ0v) is 16.7. The highest BCUT2D eigenvalue weighted by Gasteiger charge is 2.45. The Bertz CT molecular complexity index is 1140. The van der Waals surface area contributed by atoms with Crippen LogP contribution in [0, 0.1) is 25.3 Å². The number of nitrogens with two attached hydrogens (primary N) is 1. The van der Waals surface area contributed by atoms with Crippen molar-refractivity contribution in [3.63, 3.8) is 0 Å². The summed E-state index contributed by atoms with van der Waals surface area (Å²) in [5, 5.41) is 4.37. The van der Waals surface area contributed by atoms with Crippen molar-refractivity contribution in [2.24, 2.45) is 11.8 Å². The first-order valence-electron chi connectivity index (χ1n) is 8.79. The van der Waals surface area contributed by atoms with E-state index in [4.69, 9.17) is 12.3 Å². The number of anilines is 2. The normalized spacial score (nSPS) is 17.9. The van der Waals surface area contributed by atoms with Gasteiger partial charge in [-0.2, -0.15) is 0 Å². The molecule has 1 amide bonds. The second-order valence-corrected chi connectivity index (χ2v) is 7.69. The summed E-state index contributed by atoms with van der Waals surface area (Å²) in [5.74, 6) is 0.769. The fourth-order valence-corrected chi connectivity index (χ4v) is 3.89. The van der Waals surface area contributed by atoms with Crippen molar-refractivity contribution >= 4 is 44.2 Å². The van der Waals surface area contributed by atoms with Crippen LogP contribution in [0.3, 0.4) is 0 Å². The van der Waals surface area contributed by atoms with Crippen LogP contribution in [0.15, 0.2) is 35.2 Å². The molecule has 1 fully saturated rings. The average molecular weight is 437 g/mol. The summed E-state index contributed by atoms with van der Waals surface area (Å²) >= 11 is 3.64. The van der Waals surface area contributed by atoms with Crippen molar-refractivity contribution < 1.29 is 4.79 Å². The van der Waals surface area contributed by atoms with Gasteiger partial charge in [-0.25, -0.2) is 16.5 Å². The number of hydrogen-bond donors (Lipinski definition) is 2. The summed E-state index contributed by atoms with van der Waals surface area (Å²) in [7, 11) is 0. The van der Waals surface area contributed by atoms with Crippen LogP contribution in [0.5, 0.6) is 0 Å². The summed E-state index contributed by atoms with van der Waals surface area (Å²) in [4.78, 5) is 28.8. The highest BCUT2D eigenvalue weighted by atomic mass is 79.9. The molecule has 28 heavy (non-hydrogen) atoms. The molecule has 7 nitrogen and oxygen atoms in total. The van der Waals surface area contributed by atoms with Crippen molar-refractivity contribution in [1.82, 2.24) is 15.0 Å². The molecule has 3 N–H and O–H groups in total. The molecule has 0 unspecified atom stereocenters. The van der Waals surface area contributed by atoms with E-state index >= 15 is 0 Å². The number of carbonyl (C=O) groups is 1. The standard InChI is InChI=1S/C20H17BrN6O/c1-10-3-4-24-8-14(10)18-17(21)13-6-16(25-9-15(13)19(22)27-18)26-20(28)12-5-11(12)7-23-2/h3-4,6,8-9,11-12H,5,7H2,1H3,(H2,22,27)(H,25,26,28)/t11-,12+/m0/s1. The van der Waals surface area contributed by atoms with Crippen LogP contribution in [0.1, 0.15) is 12.0 Å². The third kappa shape index (κ3) is 3.29. The quantitative estimate of drug-likeness (QED) is 0.605. The number of nitrogen functional groups attached to an aromatic ring is 1. The molecule has 3 aromatic heterocycles. The van der Waals surface area contributed by atoms with Gasteiger partial charge in [-0.05, 0) is 47.0 Å². The SMILES string of the molecule is [C-]#[N+]C[C@@H]1C[C@H]1C(=O)Nc1cc2c(Br)c(-c3cnccc3C)nc(N)c2cn1. The summed E-state index contributed by atoms with van der Waals surface area (Å²) in [5.41, 5.74) is 8.77. The van der Waals surface area contributed by atoms with Crippen LogP contribution in [0.25, 0.3) is 26.9 Å². The minimum atomic E-state index is -0.105. The first-order chi connectivity index (χ1) is 13.5. The lowest BCUT2D eigenvalue weighted by molar-refractivity contribution is -0.117. The van der Waals surface area contributed by atoms with Gasteiger partial charge in [0.25, 0.3) is 0 Å². The van der Waals surface area contributed by atoms with Crippen molar-refractivity contribution in [2.75, 3.05) is 17.6 Å². The van der Waals surface area contributed by atoms with Crippen LogP contribution in [-0.4, -0.2) is 27.4 Å². The Morgan fingerprint density at radius 1 is 1.43 bits per heavy atom. The van der Waals surface area contributed by atoms with Crippen LogP contribution in [0.2, 0.25) is 0 Å². The molecule has 3 aromatic rings. The van der Waals surface area contributed by atoms with Gasteiger partial charge in [0, 0.05) is 46.8 Å². The largest absolute Gasteiger partial charge is 0.383 e. The Morgan fingerprint density at radius 3 is 3.00 bits per heavy atom. The summed E-state index contributed by atoms with van der Waals surface area (Å²) in [6.07, 6.45) is 5.85. The molecule has 0 radical (unpaired) electrons. The minimum Gasteiger partial charge on any atom is -0.383 e. The highest BCUT2D eigenvalue weighted by Crippen LogP contribution is 2.40. The van der Waals surface area contributed by atoms with Gasteiger partial charge in [-0.1, -0.05) is 0 Å². The highest BCUT2D eigenvalue weighted by molar-refractivity contribution is 9.10. The second-order valence-electron chi connectivity index (χ2n) is 6.90. The van der Waals surface area contributed by atoms with E-state index in [1.165, 1.54) is 0 Å². The lowest BCUT2D eigenvalue weighted by atomic mass is 10.1. The van der Waals surface area contributed by atoms with E-state index in [2.05, 4.69) is 41.0 Å². The number of rotatable bonds is 4. The molecular weight excluding hydrogens is 420 g/mol. The molecule has 8 heteroatoms. The molecule has 1 saturated carbocycles. The molecular formula is C20H17BrN6O. The Morgan fingerprint density at radius 2 is 2.25 bits per heavy atom. The van der Waals surface area contributed by atoms with E-state index in [0.29, 0.717) is 29.3 Å². The van der Waals surface area contributed by atoms with Crippen molar-refractivity contribution in [3.05, 3.63) is 52.2 Å². The Kier molecular flexibility index (Phi) is 4.69. The van der Waals surface area contributed by atoms with Gasteiger partial charge < -0.3 is 15.9 Å². The zero-order chi connectivity index (χ0) is 19.8. The fraction of sp³-hybridized carbons (Fsp3) is 0.250. The van der Waals surface area contributed by atoms with E-state index in [0.717, 1.165) is 27.4 Å². The number of amides is 1. The molecule has 4 rings (SSSR count). The van der Waals surface area contributed by atoms with Crippen molar-refractivity contribution in [1.29, 1.82) is 0 Å². The number of nitrogens with one attached hydrogen (secondary N) is 1. The van der Waals surface area contributed by atoms with Gasteiger partial charge in [0.1, 0.15) is 11.6 Å². The van der Waals surface area contributed by atoms with E-state index in [-0.39, 0.29) is 17.7 Å². The Labute approximate surface area is 170 Å². The number of carbonyl (C=O) groups excluding carboxylic acids is 1. The lowest BCUT2D eigenvalue weighted by Gasteiger charge is -2.12. The number of aryl methyl sites for hydroxylation is 1. The van der Waals surface area contributed by atoms with Crippen molar-refractivity contribution in [3.8, 4) is 11.3 Å². The van der Waals surface area contributed by atoms with Crippen molar-refractivity contribution in [2.45, 2.75) is 13.3 Å². The molecule has 2 atom stereocenters. The topological polar surface area (TPSA) is 98.2 Å². The summed E-state index contributed by atoms with van der Waals surface area (Å²) in [6, 6.07) is 3.70. The van der Waals surface area contributed by atoms with Gasteiger partial charge in [-0.3, -0.25) is 9.78 Å². The molecule has 1 aliphatic rings. The molecule has 0 aliphatic heterocycles. The average Bonchev–Trinajstić information content (AvgIpc) is 3.45. The van der Waals surface area contributed by atoms with Gasteiger partial charge in [0.05, 0.1) is 10.2 Å². The van der Waals surface area contributed by atoms with Gasteiger partial charge in [0.2, 0.25) is 12.5 Å². The smallest absolute Gasteiger partial charge is 0.229 e. The predicted molar refractivity (Wildman–Crippen MR) is 111 cm³/mol. The number of hydrogen-bond acceptors (Lipinski definition) is 5. The number of halogens is 1. The van der Waals surface area contributed by atoms with E-state index in [1.807, 2.05) is 13.0 Å². The van der Waals surface area contributed by atoms with Crippen LogP contribution in [0.4, 0.5) is 11.6 Å². The first kappa shape index (κ1) is 18.3. The summed E-state index contributed by atoms with van der Waals surface area (Å²) in [6.45, 7) is 9.30.